The van der Waals surface area contributed by atoms with Gasteiger partial charge in [0.15, 0.2) is 5.82 Å². The molecular formula is C20H20F2N10O2. The normalized spacial score (nSPS) is 14.1. The maximum Gasteiger partial charge on any atom is 0.296 e. The van der Waals surface area contributed by atoms with Crippen molar-refractivity contribution in [1.29, 1.82) is 0 Å². The zero-order valence-corrected chi connectivity index (χ0v) is 18.0. The molecule has 0 atom stereocenters. The van der Waals surface area contributed by atoms with Crippen LogP contribution in [0.5, 0.6) is 5.75 Å². The molecular weight excluding hydrogens is 450 g/mol. The number of nitrogens with zero attached hydrogens (tertiary/aromatic N) is 8. The number of rotatable bonds is 6. The van der Waals surface area contributed by atoms with E-state index in [1.54, 1.807) is 18.2 Å². The van der Waals surface area contributed by atoms with Crippen molar-refractivity contribution in [2.24, 2.45) is 0 Å². The van der Waals surface area contributed by atoms with Crippen LogP contribution in [0.4, 0.5) is 32.3 Å². The fourth-order valence-electron chi connectivity index (χ4n) is 3.56. The number of aromatic nitrogens is 7. The van der Waals surface area contributed by atoms with Crippen LogP contribution >= 0.6 is 0 Å². The number of morpholine rings is 1. The average Bonchev–Trinajstić information content (AvgIpc) is 3.26. The van der Waals surface area contributed by atoms with Gasteiger partial charge in [0.05, 0.1) is 43.9 Å². The SMILES string of the molecule is COc1cccc2c1nc(C(F)F)n2-c1nc(Nc2cnc(N)nc2)nc(N2CCOCC2)n1. The van der Waals surface area contributed by atoms with E-state index in [2.05, 4.69) is 35.2 Å². The van der Waals surface area contributed by atoms with E-state index in [1.165, 1.54) is 24.1 Å². The molecule has 1 saturated heterocycles. The van der Waals surface area contributed by atoms with Crippen LogP contribution in [0.1, 0.15) is 12.2 Å². The Labute approximate surface area is 191 Å². The first-order valence-corrected chi connectivity index (χ1v) is 10.3. The minimum Gasteiger partial charge on any atom is -0.494 e. The van der Waals surface area contributed by atoms with Gasteiger partial charge in [-0.15, -0.1) is 0 Å². The van der Waals surface area contributed by atoms with Crippen LogP contribution in [0.15, 0.2) is 30.6 Å². The molecule has 0 aliphatic carbocycles. The largest absolute Gasteiger partial charge is 0.494 e. The molecule has 0 radical (unpaired) electrons. The topological polar surface area (TPSA) is 142 Å². The molecule has 1 aliphatic heterocycles. The lowest BCUT2D eigenvalue weighted by Gasteiger charge is -2.27. The monoisotopic (exact) mass is 470 g/mol. The predicted octanol–water partition coefficient (Wildman–Crippen LogP) is 2.11. The lowest BCUT2D eigenvalue weighted by Crippen LogP contribution is -2.37. The number of imidazole rings is 1. The summed E-state index contributed by atoms with van der Waals surface area (Å²) in [4.78, 5) is 27.3. The summed E-state index contributed by atoms with van der Waals surface area (Å²) in [5.74, 6) is 0.345. The highest BCUT2D eigenvalue weighted by molar-refractivity contribution is 5.84. The number of halogens is 2. The molecule has 14 heteroatoms. The quantitative estimate of drug-likeness (QED) is 0.428. The van der Waals surface area contributed by atoms with Gasteiger partial charge in [0.2, 0.25) is 23.8 Å². The molecule has 176 valence electrons. The number of nitrogens with two attached hydrogens (primary N) is 1. The van der Waals surface area contributed by atoms with Gasteiger partial charge in [-0.25, -0.2) is 23.7 Å². The number of fused-ring (bicyclic) bond motifs is 1. The van der Waals surface area contributed by atoms with E-state index in [0.717, 1.165) is 0 Å². The highest BCUT2D eigenvalue weighted by Crippen LogP contribution is 2.32. The number of para-hydroxylation sites is 1. The fraction of sp³-hybridized carbons (Fsp3) is 0.300. The molecule has 4 heterocycles. The van der Waals surface area contributed by atoms with Gasteiger partial charge in [-0.2, -0.15) is 15.0 Å². The van der Waals surface area contributed by atoms with Crippen LogP contribution in [-0.4, -0.2) is 67.9 Å². The highest BCUT2D eigenvalue weighted by Gasteiger charge is 2.25. The molecule has 12 nitrogen and oxygen atoms in total. The van der Waals surface area contributed by atoms with E-state index in [1.807, 2.05) is 4.90 Å². The van der Waals surface area contributed by atoms with Crippen LogP contribution in [0.25, 0.3) is 17.0 Å². The maximum atomic E-state index is 14.1. The zero-order valence-electron chi connectivity index (χ0n) is 18.0. The number of methoxy groups -OCH3 is 1. The van der Waals surface area contributed by atoms with Gasteiger partial charge in [0, 0.05) is 13.1 Å². The Bertz CT molecular complexity index is 1310. The van der Waals surface area contributed by atoms with Crippen LogP contribution in [0.3, 0.4) is 0 Å². The Hall–Kier alpha value is -4.20. The number of nitrogen functional groups attached to an aromatic ring is 1. The fourth-order valence-corrected chi connectivity index (χ4v) is 3.56. The predicted molar refractivity (Wildman–Crippen MR) is 119 cm³/mol. The second-order valence-corrected chi connectivity index (χ2v) is 7.25. The van der Waals surface area contributed by atoms with E-state index in [0.29, 0.717) is 49.2 Å². The molecule has 0 unspecified atom stereocenters. The first kappa shape index (κ1) is 21.6. The summed E-state index contributed by atoms with van der Waals surface area (Å²) in [6, 6.07) is 4.98. The number of benzene rings is 1. The molecule has 0 spiro atoms. The second kappa shape index (κ2) is 8.97. The molecule has 0 saturated carbocycles. The molecule has 1 aliphatic rings. The first-order chi connectivity index (χ1) is 16.5. The minimum atomic E-state index is -2.89. The standard InChI is InChI=1S/C20H20F2N10O2/c1-33-13-4-2-3-12-14(13)27-16(15(21)22)32(12)20-29-18(26-11-9-24-17(23)25-10-11)28-19(30-20)31-5-7-34-8-6-31/h2-4,9-10,15H,5-8H2,1H3,(H2,23,24,25)(H,26,28,29,30). The summed E-state index contributed by atoms with van der Waals surface area (Å²) in [6.45, 7) is 2.05. The first-order valence-electron chi connectivity index (χ1n) is 10.3. The third-order valence-corrected chi connectivity index (χ3v) is 5.12. The molecule has 0 bridgehead atoms. The molecule has 0 amide bonds. The van der Waals surface area contributed by atoms with Gasteiger partial charge in [0.1, 0.15) is 11.3 Å². The van der Waals surface area contributed by atoms with Crippen molar-refractivity contribution in [3.05, 3.63) is 36.4 Å². The average molecular weight is 470 g/mol. The van der Waals surface area contributed by atoms with Crippen molar-refractivity contribution >= 4 is 34.6 Å². The Balaban J connectivity index is 1.68. The third-order valence-electron chi connectivity index (χ3n) is 5.12. The van der Waals surface area contributed by atoms with Crippen molar-refractivity contribution in [2.45, 2.75) is 6.43 Å². The maximum absolute atomic E-state index is 14.1. The highest BCUT2D eigenvalue weighted by atomic mass is 19.3. The van der Waals surface area contributed by atoms with E-state index < -0.39 is 12.2 Å². The van der Waals surface area contributed by atoms with E-state index in [9.17, 15) is 8.78 Å². The Morgan fingerprint density at radius 3 is 2.50 bits per heavy atom. The lowest BCUT2D eigenvalue weighted by atomic mass is 10.3. The van der Waals surface area contributed by atoms with Crippen LogP contribution in [-0.2, 0) is 4.74 Å². The van der Waals surface area contributed by atoms with Gasteiger partial charge < -0.3 is 25.4 Å². The molecule has 5 rings (SSSR count). The summed E-state index contributed by atoms with van der Waals surface area (Å²) < 4.78 is 40.0. The summed E-state index contributed by atoms with van der Waals surface area (Å²) >= 11 is 0. The lowest BCUT2D eigenvalue weighted by molar-refractivity contribution is 0.122. The van der Waals surface area contributed by atoms with Gasteiger partial charge >= 0.3 is 0 Å². The number of hydrogen-bond acceptors (Lipinski definition) is 11. The molecule has 4 aromatic rings. The third kappa shape index (κ3) is 4.10. The number of alkyl halides is 2. The molecule has 34 heavy (non-hydrogen) atoms. The molecule has 1 fully saturated rings. The molecule has 1 aromatic carbocycles. The van der Waals surface area contributed by atoms with Gasteiger partial charge in [0.25, 0.3) is 6.43 Å². The summed E-state index contributed by atoms with van der Waals surface area (Å²) in [5, 5.41) is 2.99. The summed E-state index contributed by atoms with van der Waals surface area (Å²) in [7, 11) is 1.45. The molecule has 3 N–H and O–H groups in total. The van der Waals surface area contributed by atoms with Gasteiger partial charge in [-0.3, -0.25) is 4.57 Å². The minimum absolute atomic E-state index is 0.0265. The van der Waals surface area contributed by atoms with Crippen molar-refractivity contribution < 1.29 is 18.3 Å². The molecule has 3 aromatic heterocycles. The number of anilines is 4. The van der Waals surface area contributed by atoms with Crippen molar-refractivity contribution in [3.8, 4) is 11.7 Å². The number of hydrogen-bond donors (Lipinski definition) is 2. The number of ether oxygens (including phenoxy) is 2. The summed E-state index contributed by atoms with van der Waals surface area (Å²) in [6.07, 6.45) is 0.0347. The van der Waals surface area contributed by atoms with E-state index >= 15 is 0 Å². The van der Waals surface area contributed by atoms with E-state index in [4.69, 9.17) is 15.2 Å². The number of nitrogens with one attached hydrogen (secondary N) is 1. The Morgan fingerprint density at radius 1 is 1.06 bits per heavy atom. The van der Waals surface area contributed by atoms with Crippen molar-refractivity contribution in [1.82, 2.24) is 34.5 Å². The van der Waals surface area contributed by atoms with Crippen molar-refractivity contribution in [2.75, 3.05) is 49.4 Å². The smallest absolute Gasteiger partial charge is 0.296 e. The van der Waals surface area contributed by atoms with Gasteiger partial charge in [-0.1, -0.05) is 6.07 Å². The Morgan fingerprint density at radius 2 is 1.79 bits per heavy atom. The van der Waals surface area contributed by atoms with E-state index in [-0.39, 0.29) is 23.4 Å². The van der Waals surface area contributed by atoms with Crippen molar-refractivity contribution in [3.63, 3.8) is 0 Å². The summed E-state index contributed by atoms with van der Waals surface area (Å²) in [5.41, 5.74) is 6.66. The second-order valence-electron chi connectivity index (χ2n) is 7.25. The zero-order chi connectivity index (χ0) is 23.7. The van der Waals surface area contributed by atoms with Crippen LogP contribution in [0.2, 0.25) is 0 Å². The van der Waals surface area contributed by atoms with Gasteiger partial charge in [-0.05, 0) is 12.1 Å². The Kier molecular flexibility index (Phi) is 5.71. The van der Waals surface area contributed by atoms with Crippen LogP contribution < -0.4 is 20.7 Å². The van der Waals surface area contributed by atoms with Crippen LogP contribution in [0, 0.1) is 0 Å².